The third-order valence-corrected chi connectivity index (χ3v) is 7.28. The minimum atomic E-state index is -0.257. The normalized spacial score (nSPS) is 11.5. The Kier molecular flexibility index (Phi) is 8.22. The maximum atomic E-state index is 13.7. The molecule has 0 radical (unpaired) electrons. The topological polar surface area (TPSA) is 65.7 Å². The van der Waals surface area contributed by atoms with Gasteiger partial charge in [-0.1, -0.05) is 67.4 Å². The van der Waals surface area contributed by atoms with E-state index in [0.29, 0.717) is 34.1 Å². The zero-order valence-electron chi connectivity index (χ0n) is 23.8. The quantitative estimate of drug-likeness (QED) is 0.179. The molecule has 0 bridgehead atoms. The molecule has 0 amide bonds. The van der Waals surface area contributed by atoms with Crippen LogP contribution in [0, 0.1) is 13.8 Å². The van der Waals surface area contributed by atoms with Gasteiger partial charge in [-0.2, -0.15) is 9.78 Å². The molecule has 0 fully saturated rings. The van der Waals surface area contributed by atoms with Gasteiger partial charge < -0.3 is 9.47 Å². The Morgan fingerprint density at radius 2 is 1.73 bits per heavy atom. The van der Waals surface area contributed by atoms with Crippen LogP contribution in [0.5, 0.6) is 11.5 Å². The molecule has 0 N–H and O–H groups in total. The molecule has 0 unspecified atom stereocenters. The maximum Gasteiger partial charge on any atom is 0.282 e. The van der Waals surface area contributed by atoms with Gasteiger partial charge in [0.1, 0.15) is 18.1 Å². The summed E-state index contributed by atoms with van der Waals surface area (Å²) in [5, 5.41) is 5.56. The van der Waals surface area contributed by atoms with Gasteiger partial charge in [-0.3, -0.25) is 4.79 Å². The first-order chi connectivity index (χ1) is 19.7. The van der Waals surface area contributed by atoms with E-state index in [1.54, 1.807) is 25.5 Å². The average molecular weight is 566 g/mol. The van der Waals surface area contributed by atoms with Gasteiger partial charge in [0.2, 0.25) is 0 Å². The fraction of sp³-hybridized carbons (Fsp3) is 0.206. The minimum Gasteiger partial charge on any atom is -0.496 e. The van der Waals surface area contributed by atoms with Gasteiger partial charge in [0, 0.05) is 5.56 Å². The molecule has 0 saturated heterocycles. The van der Waals surface area contributed by atoms with Crippen LogP contribution < -0.4 is 15.0 Å². The van der Waals surface area contributed by atoms with Gasteiger partial charge in [0.25, 0.3) is 5.56 Å². The molecule has 4 aromatic carbocycles. The molecule has 208 valence electrons. The fourth-order valence-electron chi connectivity index (χ4n) is 4.66. The molecule has 1 heterocycles. The van der Waals surface area contributed by atoms with Crippen molar-refractivity contribution < 1.29 is 9.47 Å². The molecule has 0 saturated carbocycles. The Morgan fingerprint density at radius 1 is 0.976 bits per heavy atom. The Hall–Kier alpha value is -4.42. The van der Waals surface area contributed by atoms with Crippen LogP contribution >= 0.6 is 11.6 Å². The zero-order valence-corrected chi connectivity index (χ0v) is 24.6. The van der Waals surface area contributed by atoms with Crippen molar-refractivity contribution in [3.8, 4) is 22.9 Å². The number of hydrogen-bond acceptors (Lipinski definition) is 5. The van der Waals surface area contributed by atoms with Crippen LogP contribution in [0.15, 0.2) is 88.8 Å². The Morgan fingerprint density at radius 3 is 2.44 bits per heavy atom. The minimum absolute atomic E-state index is 0.210. The van der Waals surface area contributed by atoms with E-state index in [4.69, 9.17) is 26.1 Å². The molecule has 0 aliphatic rings. The van der Waals surface area contributed by atoms with Crippen molar-refractivity contribution in [1.82, 2.24) is 9.66 Å². The number of aryl methyl sites for hydroxylation is 2. The van der Waals surface area contributed by atoms with Gasteiger partial charge in [0.05, 0.1) is 29.2 Å². The smallest absolute Gasteiger partial charge is 0.282 e. The lowest BCUT2D eigenvalue weighted by molar-refractivity contribution is 0.306. The summed E-state index contributed by atoms with van der Waals surface area (Å²) >= 11 is 6.56. The SMILES string of the molecule is COc1cc(C)c(-c2nc3ccccc3c(=O)n2N=Cc2ccc(OCc3ccc(C)cc3)c(Cl)c2)cc1C(C)C. The van der Waals surface area contributed by atoms with E-state index in [1.807, 2.05) is 68.4 Å². The van der Waals surface area contributed by atoms with Crippen LogP contribution in [0.2, 0.25) is 5.02 Å². The van der Waals surface area contributed by atoms with Crippen molar-refractivity contribution in [2.75, 3.05) is 7.11 Å². The highest BCUT2D eigenvalue weighted by molar-refractivity contribution is 6.32. The van der Waals surface area contributed by atoms with Gasteiger partial charge >= 0.3 is 0 Å². The van der Waals surface area contributed by atoms with E-state index in [-0.39, 0.29) is 11.5 Å². The van der Waals surface area contributed by atoms with Gasteiger partial charge in [-0.05, 0) is 84.5 Å². The first-order valence-electron chi connectivity index (χ1n) is 13.5. The molecular weight excluding hydrogens is 534 g/mol. The molecule has 0 atom stereocenters. The number of para-hydroxylation sites is 1. The number of ether oxygens (including phenoxy) is 2. The molecular formula is C34H32ClN3O3. The highest BCUT2D eigenvalue weighted by atomic mass is 35.5. The summed E-state index contributed by atoms with van der Waals surface area (Å²) in [5.41, 5.74) is 6.09. The van der Waals surface area contributed by atoms with E-state index in [0.717, 1.165) is 33.6 Å². The van der Waals surface area contributed by atoms with Crippen LogP contribution in [0.25, 0.3) is 22.3 Å². The van der Waals surface area contributed by atoms with Crippen molar-refractivity contribution in [3.05, 3.63) is 122 Å². The molecule has 5 aromatic rings. The maximum absolute atomic E-state index is 13.7. The standard InChI is InChI=1S/C34H32ClN3O3/c1-21(2)27-18-28(23(4)16-32(27)40-5)33-37-30-9-7-6-8-26(30)34(39)38(33)36-19-25-14-15-31(29(35)17-25)41-20-24-12-10-22(3)11-13-24/h6-19,21H,20H2,1-5H3. The average Bonchev–Trinajstić information content (AvgIpc) is 2.96. The third-order valence-electron chi connectivity index (χ3n) is 6.99. The lowest BCUT2D eigenvalue weighted by Gasteiger charge is -2.17. The van der Waals surface area contributed by atoms with Crippen LogP contribution in [0.4, 0.5) is 0 Å². The van der Waals surface area contributed by atoms with Crippen LogP contribution in [-0.2, 0) is 6.61 Å². The summed E-state index contributed by atoms with van der Waals surface area (Å²) in [5.74, 6) is 2.04. The van der Waals surface area contributed by atoms with Crippen molar-refractivity contribution in [1.29, 1.82) is 0 Å². The molecule has 41 heavy (non-hydrogen) atoms. The Bertz CT molecular complexity index is 1810. The summed E-state index contributed by atoms with van der Waals surface area (Å²) in [6, 6.07) is 24.9. The number of methoxy groups -OCH3 is 1. The number of hydrogen-bond donors (Lipinski definition) is 0. The molecule has 0 aliphatic heterocycles. The van der Waals surface area contributed by atoms with Gasteiger partial charge in [0.15, 0.2) is 5.82 Å². The summed E-state index contributed by atoms with van der Waals surface area (Å²) in [4.78, 5) is 18.6. The highest BCUT2D eigenvalue weighted by Crippen LogP contribution is 2.34. The second-order valence-corrected chi connectivity index (χ2v) is 10.7. The monoisotopic (exact) mass is 565 g/mol. The van der Waals surface area contributed by atoms with Crippen LogP contribution in [-0.4, -0.2) is 23.0 Å². The van der Waals surface area contributed by atoms with Gasteiger partial charge in [-0.15, -0.1) is 0 Å². The molecule has 7 heteroatoms. The molecule has 0 aliphatic carbocycles. The predicted octanol–water partition coefficient (Wildman–Crippen LogP) is 7.93. The summed E-state index contributed by atoms with van der Waals surface area (Å²) in [6.07, 6.45) is 1.61. The molecule has 1 aromatic heterocycles. The molecule has 0 spiro atoms. The Labute approximate surface area is 244 Å². The van der Waals surface area contributed by atoms with Crippen LogP contribution in [0.3, 0.4) is 0 Å². The summed E-state index contributed by atoms with van der Waals surface area (Å²) in [7, 11) is 1.67. The number of aromatic nitrogens is 2. The van der Waals surface area contributed by atoms with E-state index in [2.05, 4.69) is 31.1 Å². The fourth-order valence-corrected chi connectivity index (χ4v) is 4.90. The first-order valence-corrected chi connectivity index (χ1v) is 13.9. The number of nitrogens with zero attached hydrogens (tertiary/aromatic N) is 3. The van der Waals surface area contributed by atoms with E-state index >= 15 is 0 Å². The second-order valence-electron chi connectivity index (χ2n) is 10.3. The van der Waals surface area contributed by atoms with Crippen LogP contribution in [0.1, 0.15) is 47.6 Å². The van der Waals surface area contributed by atoms with E-state index < -0.39 is 0 Å². The van der Waals surface area contributed by atoms with E-state index in [1.165, 1.54) is 10.2 Å². The first kappa shape index (κ1) is 28.1. The second kappa shape index (κ2) is 12.0. The lowest BCUT2D eigenvalue weighted by Crippen LogP contribution is -2.20. The summed E-state index contributed by atoms with van der Waals surface area (Å²) < 4.78 is 12.9. The van der Waals surface area contributed by atoms with Gasteiger partial charge in [-0.25, -0.2) is 4.98 Å². The number of fused-ring (bicyclic) bond motifs is 1. The number of rotatable bonds is 8. The van der Waals surface area contributed by atoms with Crippen molar-refractivity contribution in [2.24, 2.45) is 5.10 Å². The zero-order chi connectivity index (χ0) is 29.1. The molecule has 6 nitrogen and oxygen atoms in total. The molecule has 5 rings (SSSR count). The number of halogens is 1. The largest absolute Gasteiger partial charge is 0.496 e. The summed E-state index contributed by atoms with van der Waals surface area (Å²) in [6.45, 7) is 8.65. The highest BCUT2D eigenvalue weighted by Gasteiger charge is 2.18. The van der Waals surface area contributed by atoms with Crippen molar-refractivity contribution >= 4 is 28.7 Å². The predicted molar refractivity (Wildman–Crippen MR) is 167 cm³/mol. The van der Waals surface area contributed by atoms with E-state index in [9.17, 15) is 4.79 Å². The third kappa shape index (κ3) is 6.03. The van der Waals surface area contributed by atoms with Crippen molar-refractivity contribution in [3.63, 3.8) is 0 Å². The number of benzene rings is 4. The Balaban J connectivity index is 1.53. The van der Waals surface area contributed by atoms with Crippen molar-refractivity contribution in [2.45, 2.75) is 40.2 Å². The lowest BCUT2D eigenvalue weighted by atomic mass is 9.96.